The molecule has 1 aromatic rings. The van der Waals surface area contributed by atoms with Crippen LogP contribution in [0.1, 0.15) is 0 Å². The molecular weight excluding hydrogens is 354 g/mol. The number of halogens is 3. The van der Waals surface area contributed by atoms with Crippen molar-refractivity contribution >= 4 is 38.5 Å². The van der Waals surface area contributed by atoms with E-state index >= 15 is 0 Å². The maximum atomic E-state index is 13.3. The van der Waals surface area contributed by atoms with Crippen LogP contribution in [0.3, 0.4) is 0 Å². The van der Waals surface area contributed by atoms with Crippen LogP contribution in [0, 0.1) is 9.39 Å². The zero-order valence-corrected chi connectivity index (χ0v) is 10.8. The maximum absolute atomic E-state index is 13.3. The zero-order chi connectivity index (χ0) is 10.0. The molecule has 2 nitrogen and oxygen atoms in total. The van der Waals surface area contributed by atoms with Crippen LogP contribution < -0.4 is 9.47 Å². The minimum Gasteiger partial charge on any atom is -0.493 e. The summed E-state index contributed by atoms with van der Waals surface area (Å²) in [6, 6.07) is 1.54. The van der Waals surface area contributed by atoms with E-state index in [1.807, 2.05) is 22.6 Å². The summed E-state index contributed by atoms with van der Waals surface area (Å²) in [4.78, 5) is 0. The average Bonchev–Trinajstić information content (AvgIpc) is 2.13. The maximum Gasteiger partial charge on any atom is 0.177 e. The Bertz CT molecular complexity index is 330. The molecule has 5 heteroatoms. The first-order chi connectivity index (χ1) is 6.11. The molecule has 0 aliphatic rings. The lowest BCUT2D eigenvalue weighted by molar-refractivity contribution is 0.349. The van der Waals surface area contributed by atoms with Gasteiger partial charge in [0, 0.05) is 6.07 Å². The fourth-order valence-electron chi connectivity index (χ4n) is 0.899. The van der Waals surface area contributed by atoms with Crippen molar-refractivity contribution in [3.63, 3.8) is 0 Å². The fraction of sp³-hybridized carbons (Fsp3) is 0.250. The molecule has 0 spiro atoms. The van der Waals surface area contributed by atoms with Gasteiger partial charge in [-0.15, -0.1) is 0 Å². The summed E-state index contributed by atoms with van der Waals surface area (Å²) in [6.45, 7) is 0. The molecule has 0 N–H and O–H groups in total. The molecule has 0 aliphatic heterocycles. The van der Waals surface area contributed by atoms with Crippen LogP contribution in [0.15, 0.2) is 10.5 Å². The second-order valence-corrected chi connectivity index (χ2v) is 4.15. The summed E-state index contributed by atoms with van der Waals surface area (Å²) in [6.07, 6.45) is 0. The molecule has 1 rings (SSSR count). The van der Waals surface area contributed by atoms with E-state index in [2.05, 4.69) is 15.9 Å². The summed E-state index contributed by atoms with van der Waals surface area (Å²) in [5.41, 5.74) is 0. The molecule has 0 radical (unpaired) electrons. The summed E-state index contributed by atoms with van der Waals surface area (Å²) in [7, 11) is 2.99. The lowest BCUT2D eigenvalue weighted by atomic mass is 10.3. The summed E-state index contributed by atoms with van der Waals surface area (Å²) < 4.78 is 24.1. The number of hydrogen-bond acceptors (Lipinski definition) is 2. The van der Waals surface area contributed by atoms with E-state index in [0.717, 1.165) is 0 Å². The molecule has 0 aliphatic carbocycles. The van der Waals surface area contributed by atoms with E-state index in [0.29, 0.717) is 19.5 Å². The van der Waals surface area contributed by atoms with Gasteiger partial charge in [0.25, 0.3) is 0 Å². The highest BCUT2D eigenvalue weighted by Crippen LogP contribution is 2.37. The highest BCUT2D eigenvalue weighted by atomic mass is 127. The smallest absolute Gasteiger partial charge is 0.177 e. The van der Waals surface area contributed by atoms with Crippen molar-refractivity contribution in [2.24, 2.45) is 0 Å². The first-order valence-corrected chi connectivity index (χ1v) is 5.24. The Balaban J connectivity index is 3.39. The van der Waals surface area contributed by atoms with Crippen molar-refractivity contribution in [3.05, 3.63) is 19.9 Å². The Labute approximate surface area is 97.7 Å². The van der Waals surface area contributed by atoms with Crippen LogP contribution in [0.4, 0.5) is 4.39 Å². The van der Waals surface area contributed by atoms with Gasteiger partial charge in [0.05, 0.1) is 22.3 Å². The molecule has 72 valence electrons. The zero-order valence-electron chi connectivity index (χ0n) is 7.03. The van der Waals surface area contributed by atoms with Gasteiger partial charge in [-0.1, -0.05) is 0 Å². The Morgan fingerprint density at radius 3 is 2.46 bits per heavy atom. The standard InChI is InChI=1S/C8H7BrFIO2/c1-12-5-3-4(9)6(10)7(11)8(5)13-2/h3H,1-2H3. The second-order valence-electron chi connectivity index (χ2n) is 2.22. The minimum atomic E-state index is -0.335. The highest BCUT2D eigenvalue weighted by molar-refractivity contribution is 14.1. The summed E-state index contributed by atoms with van der Waals surface area (Å²) in [5.74, 6) is 0.599. The normalized spacial score (nSPS) is 9.92. The van der Waals surface area contributed by atoms with E-state index in [-0.39, 0.29) is 5.82 Å². The predicted molar refractivity (Wildman–Crippen MR) is 59.9 cm³/mol. The molecular formula is C8H7BrFIO2. The molecule has 0 saturated heterocycles. The van der Waals surface area contributed by atoms with Gasteiger partial charge in [0.15, 0.2) is 17.3 Å². The molecule has 0 unspecified atom stereocenters. The topological polar surface area (TPSA) is 18.5 Å². The number of methoxy groups -OCH3 is 2. The quantitative estimate of drug-likeness (QED) is 0.595. The third-order valence-electron chi connectivity index (χ3n) is 1.51. The number of benzene rings is 1. The van der Waals surface area contributed by atoms with Gasteiger partial charge in [-0.2, -0.15) is 0 Å². The monoisotopic (exact) mass is 360 g/mol. The molecule has 0 saturated carbocycles. The van der Waals surface area contributed by atoms with Crippen LogP contribution in [0.25, 0.3) is 0 Å². The van der Waals surface area contributed by atoms with Gasteiger partial charge < -0.3 is 9.47 Å². The van der Waals surface area contributed by atoms with Gasteiger partial charge in [-0.25, -0.2) is 4.39 Å². The van der Waals surface area contributed by atoms with E-state index in [1.54, 1.807) is 0 Å². The Kier molecular flexibility index (Phi) is 3.78. The Morgan fingerprint density at radius 1 is 1.38 bits per heavy atom. The van der Waals surface area contributed by atoms with Crippen LogP contribution in [0.2, 0.25) is 0 Å². The van der Waals surface area contributed by atoms with Crippen LogP contribution >= 0.6 is 38.5 Å². The number of hydrogen-bond donors (Lipinski definition) is 0. The minimum absolute atomic E-state index is 0.335. The molecule has 0 bridgehead atoms. The van der Waals surface area contributed by atoms with E-state index in [1.165, 1.54) is 20.3 Å². The molecule has 0 aromatic heterocycles. The largest absolute Gasteiger partial charge is 0.493 e. The van der Waals surface area contributed by atoms with Gasteiger partial charge in [-0.3, -0.25) is 0 Å². The molecule has 1 aromatic carbocycles. The van der Waals surface area contributed by atoms with Gasteiger partial charge in [0.2, 0.25) is 0 Å². The van der Waals surface area contributed by atoms with Crippen molar-refractivity contribution in [2.45, 2.75) is 0 Å². The highest BCUT2D eigenvalue weighted by Gasteiger charge is 2.15. The van der Waals surface area contributed by atoms with Crippen molar-refractivity contribution < 1.29 is 13.9 Å². The Morgan fingerprint density at radius 2 is 2.00 bits per heavy atom. The fourth-order valence-corrected chi connectivity index (χ4v) is 2.45. The van der Waals surface area contributed by atoms with Crippen LogP contribution in [-0.4, -0.2) is 14.2 Å². The predicted octanol–water partition coefficient (Wildman–Crippen LogP) is 3.21. The van der Waals surface area contributed by atoms with Crippen LogP contribution in [-0.2, 0) is 0 Å². The Hall–Kier alpha value is -0.0400. The molecule has 13 heavy (non-hydrogen) atoms. The second kappa shape index (κ2) is 4.45. The first kappa shape index (κ1) is 11.0. The summed E-state index contributed by atoms with van der Waals surface area (Å²) >= 11 is 4.96. The SMILES string of the molecule is COc1cc(Br)c(F)c(I)c1OC. The lowest BCUT2D eigenvalue weighted by Gasteiger charge is -2.10. The van der Waals surface area contributed by atoms with Crippen molar-refractivity contribution in [1.29, 1.82) is 0 Å². The number of ether oxygens (including phenoxy) is 2. The third-order valence-corrected chi connectivity index (χ3v) is 3.05. The van der Waals surface area contributed by atoms with Gasteiger partial charge in [0.1, 0.15) is 0 Å². The molecule has 0 amide bonds. The van der Waals surface area contributed by atoms with E-state index in [9.17, 15) is 4.39 Å². The average molecular weight is 361 g/mol. The van der Waals surface area contributed by atoms with E-state index in [4.69, 9.17) is 9.47 Å². The van der Waals surface area contributed by atoms with Crippen molar-refractivity contribution in [1.82, 2.24) is 0 Å². The van der Waals surface area contributed by atoms with Crippen molar-refractivity contribution in [3.8, 4) is 11.5 Å². The van der Waals surface area contributed by atoms with E-state index < -0.39 is 0 Å². The third kappa shape index (κ3) is 2.07. The molecule has 0 fully saturated rings. The van der Waals surface area contributed by atoms with Gasteiger partial charge in [-0.05, 0) is 38.5 Å². The van der Waals surface area contributed by atoms with Crippen molar-refractivity contribution in [2.75, 3.05) is 14.2 Å². The number of rotatable bonds is 2. The lowest BCUT2D eigenvalue weighted by Crippen LogP contribution is -1.96. The van der Waals surface area contributed by atoms with Gasteiger partial charge >= 0.3 is 0 Å². The molecule has 0 atom stereocenters. The van der Waals surface area contributed by atoms with Crippen LogP contribution in [0.5, 0.6) is 11.5 Å². The summed E-state index contributed by atoms with van der Waals surface area (Å²) in [5, 5.41) is 0. The first-order valence-electron chi connectivity index (χ1n) is 3.37. The molecule has 0 heterocycles.